The Morgan fingerprint density at radius 2 is 2.00 bits per heavy atom. The lowest BCUT2D eigenvalue weighted by atomic mass is 10.2. The number of carbonyl (C=O) groups excluding carboxylic acids is 1. The fourth-order valence-corrected chi connectivity index (χ4v) is 2.08. The topological polar surface area (TPSA) is 63.5 Å². The highest BCUT2D eigenvalue weighted by Crippen LogP contribution is 2.16. The Morgan fingerprint density at radius 3 is 2.65 bits per heavy atom. The second kappa shape index (κ2) is 7.42. The predicted molar refractivity (Wildman–Crippen MR) is 90.6 cm³/mol. The van der Waals surface area contributed by atoms with Gasteiger partial charge in [0, 0.05) is 12.2 Å². The summed E-state index contributed by atoms with van der Waals surface area (Å²) in [5.74, 6) is 0.757. The molecule has 5 nitrogen and oxygen atoms in total. The molecule has 1 aromatic carbocycles. The molecule has 1 aromatic heterocycles. The van der Waals surface area contributed by atoms with Crippen LogP contribution in [-0.2, 0) is 17.8 Å². The van der Waals surface area contributed by atoms with E-state index in [1.807, 2.05) is 51.1 Å². The molecule has 0 spiro atoms. The zero-order valence-corrected chi connectivity index (χ0v) is 14.2. The SMILES string of the molecule is CC(C)(C)OC(=O)NCc1cccc(NCc2ccc(Cl)o2)c1. The van der Waals surface area contributed by atoms with Crippen LogP contribution in [0.15, 0.2) is 40.8 Å². The Balaban J connectivity index is 1.85. The summed E-state index contributed by atoms with van der Waals surface area (Å²) in [6, 6.07) is 11.3. The van der Waals surface area contributed by atoms with Crippen molar-refractivity contribution in [2.24, 2.45) is 0 Å². The molecule has 0 bridgehead atoms. The summed E-state index contributed by atoms with van der Waals surface area (Å²) in [5, 5.41) is 6.35. The number of rotatable bonds is 5. The lowest BCUT2D eigenvalue weighted by Crippen LogP contribution is -2.32. The first-order valence-electron chi connectivity index (χ1n) is 7.36. The Kier molecular flexibility index (Phi) is 5.55. The number of anilines is 1. The van der Waals surface area contributed by atoms with Gasteiger partial charge in [0.05, 0.1) is 6.54 Å². The van der Waals surface area contributed by atoms with Gasteiger partial charge in [-0.25, -0.2) is 4.79 Å². The molecule has 2 N–H and O–H groups in total. The van der Waals surface area contributed by atoms with Crippen molar-refractivity contribution in [3.05, 3.63) is 52.9 Å². The largest absolute Gasteiger partial charge is 0.448 e. The normalized spacial score (nSPS) is 11.1. The molecule has 0 radical (unpaired) electrons. The lowest BCUT2D eigenvalue weighted by Gasteiger charge is -2.19. The van der Waals surface area contributed by atoms with Crippen molar-refractivity contribution in [3.63, 3.8) is 0 Å². The molecule has 0 fully saturated rings. The zero-order chi connectivity index (χ0) is 16.9. The maximum absolute atomic E-state index is 11.7. The molecule has 0 saturated carbocycles. The molecule has 1 heterocycles. The van der Waals surface area contributed by atoms with E-state index < -0.39 is 11.7 Å². The van der Waals surface area contributed by atoms with Gasteiger partial charge in [-0.15, -0.1) is 0 Å². The van der Waals surface area contributed by atoms with Crippen LogP contribution >= 0.6 is 11.6 Å². The summed E-state index contributed by atoms with van der Waals surface area (Å²) in [7, 11) is 0. The number of nitrogens with one attached hydrogen (secondary N) is 2. The molecule has 2 aromatic rings. The van der Waals surface area contributed by atoms with E-state index in [1.165, 1.54) is 0 Å². The van der Waals surface area contributed by atoms with Gasteiger partial charge in [0.1, 0.15) is 11.4 Å². The second-order valence-electron chi connectivity index (χ2n) is 6.12. The van der Waals surface area contributed by atoms with E-state index in [4.69, 9.17) is 20.8 Å². The maximum atomic E-state index is 11.7. The minimum atomic E-state index is -0.502. The number of benzene rings is 1. The van der Waals surface area contributed by atoms with E-state index >= 15 is 0 Å². The molecule has 0 unspecified atom stereocenters. The fraction of sp³-hybridized carbons (Fsp3) is 0.353. The van der Waals surface area contributed by atoms with Crippen LogP contribution in [-0.4, -0.2) is 11.7 Å². The number of halogens is 1. The molecule has 1 amide bonds. The number of amides is 1. The van der Waals surface area contributed by atoms with Crippen molar-refractivity contribution in [1.29, 1.82) is 0 Å². The van der Waals surface area contributed by atoms with Crippen molar-refractivity contribution >= 4 is 23.4 Å². The molecular weight excluding hydrogens is 316 g/mol. The summed E-state index contributed by atoms with van der Waals surface area (Å²) in [6.07, 6.45) is -0.430. The Labute approximate surface area is 141 Å². The Bertz CT molecular complexity index is 662. The monoisotopic (exact) mass is 336 g/mol. The molecule has 0 aliphatic heterocycles. The summed E-state index contributed by atoms with van der Waals surface area (Å²) in [6.45, 7) is 6.43. The number of hydrogen-bond donors (Lipinski definition) is 2. The van der Waals surface area contributed by atoms with Gasteiger partial charge in [0.2, 0.25) is 0 Å². The molecule has 6 heteroatoms. The molecular formula is C17H21ClN2O3. The van der Waals surface area contributed by atoms with Crippen molar-refractivity contribution in [1.82, 2.24) is 5.32 Å². The molecule has 124 valence electrons. The molecule has 2 rings (SSSR count). The quantitative estimate of drug-likeness (QED) is 0.839. The van der Waals surface area contributed by atoms with Crippen LogP contribution in [0.2, 0.25) is 5.22 Å². The molecule has 0 saturated heterocycles. The Morgan fingerprint density at radius 1 is 1.22 bits per heavy atom. The van der Waals surface area contributed by atoms with E-state index in [1.54, 1.807) is 6.07 Å². The predicted octanol–water partition coefficient (Wildman–Crippen LogP) is 4.57. The summed E-state index contributed by atoms with van der Waals surface area (Å²) in [4.78, 5) is 11.7. The van der Waals surface area contributed by atoms with Gasteiger partial charge in [-0.3, -0.25) is 0 Å². The second-order valence-corrected chi connectivity index (χ2v) is 6.49. The summed E-state index contributed by atoms with van der Waals surface area (Å²) >= 11 is 5.74. The third kappa shape index (κ3) is 6.24. The van der Waals surface area contributed by atoms with E-state index in [2.05, 4.69) is 10.6 Å². The Hall–Kier alpha value is -2.14. The highest BCUT2D eigenvalue weighted by atomic mass is 35.5. The van der Waals surface area contributed by atoms with Gasteiger partial charge < -0.3 is 19.8 Å². The molecule has 0 atom stereocenters. The third-order valence-electron chi connectivity index (χ3n) is 2.86. The fourth-order valence-electron chi connectivity index (χ4n) is 1.92. The summed E-state index contributed by atoms with van der Waals surface area (Å²) in [5.41, 5.74) is 1.40. The van der Waals surface area contributed by atoms with Crippen LogP contribution in [0.1, 0.15) is 32.1 Å². The van der Waals surface area contributed by atoms with Crippen molar-refractivity contribution in [2.75, 3.05) is 5.32 Å². The molecule has 0 aliphatic rings. The van der Waals surface area contributed by atoms with Crippen molar-refractivity contribution in [3.8, 4) is 0 Å². The first kappa shape index (κ1) is 17.2. The zero-order valence-electron chi connectivity index (χ0n) is 13.5. The number of hydrogen-bond acceptors (Lipinski definition) is 4. The third-order valence-corrected chi connectivity index (χ3v) is 3.06. The van der Waals surface area contributed by atoms with E-state index in [0.29, 0.717) is 18.3 Å². The van der Waals surface area contributed by atoms with Crippen LogP contribution in [0.25, 0.3) is 0 Å². The van der Waals surface area contributed by atoms with Crippen molar-refractivity contribution < 1.29 is 13.9 Å². The van der Waals surface area contributed by atoms with Crippen LogP contribution in [0.3, 0.4) is 0 Å². The molecule has 23 heavy (non-hydrogen) atoms. The highest BCUT2D eigenvalue weighted by molar-refractivity contribution is 6.28. The lowest BCUT2D eigenvalue weighted by molar-refractivity contribution is 0.0523. The van der Waals surface area contributed by atoms with Crippen LogP contribution < -0.4 is 10.6 Å². The van der Waals surface area contributed by atoms with E-state index in [0.717, 1.165) is 17.0 Å². The minimum absolute atomic E-state index is 0.372. The van der Waals surface area contributed by atoms with Gasteiger partial charge >= 0.3 is 6.09 Å². The summed E-state index contributed by atoms with van der Waals surface area (Å²) < 4.78 is 10.5. The number of carbonyl (C=O) groups is 1. The van der Waals surface area contributed by atoms with Gasteiger partial charge in [-0.2, -0.15) is 0 Å². The first-order chi connectivity index (χ1) is 10.8. The van der Waals surface area contributed by atoms with Crippen LogP contribution in [0, 0.1) is 0 Å². The van der Waals surface area contributed by atoms with Crippen molar-refractivity contribution in [2.45, 2.75) is 39.5 Å². The van der Waals surface area contributed by atoms with E-state index in [-0.39, 0.29) is 0 Å². The van der Waals surface area contributed by atoms with Crippen LogP contribution in [0.5, 0.6) is 0 Å². The van der Waals surface area contributed by atoms with Gasteiger partial charge in [-0.05, 0) is 62.2 Å². The van der Waals surface area contributed by atoms with E-state index in [9.17, 15) is 4.79 Å². The number of alkyl carbamates (subject to hydrolysis) is 1. The van der Waals surface area contributed by atoms with Gasteiger partial charge in [-0.1, -0.05) is 12.1 Å². The highest BCUT2D eigenvalue weighted by Gasteiger charge is 2.15. The van der Waals surface area contributed by atoms with Gasteiger partial charge in [0.25, 0.3) is 0 Å². The van der Waals surface area contributed by atoms with Gasteiger partial charge in [0.15, 0.2) is 5.22 Å². The number of furan rings is 1. The maximum Gasteiger partial charge on any atom is 0.407 e. The standard InChI is InChI=1S/C17H21ClN2O3/c1-17(2,3)23-16(21)20-10-12-5-4-6-13(9-12)19-11-14-7-8-15(18)22-14/h4-9,19H,10-11H2,1-3H3,(H,20,21). The average molecular weight is 337 g/mol. The molecule has 0 aliphatic carbocycles. The average Bonchev–Trinajstić information content (AvgIpc) is 2.87. The smallest absolute Gasteiger partial charge is 0.407 e. The van der Waals surface area contributed by atoms with Crippen LogP contribution in [0.4, 0.5) is 10.5 Å². The minimum Gasteiger partial charge on any atom is -0.448 e. The number of ether oxygens (including phenoxy) is 1. The first-order valence-corrected chi connectivity index (χ1v) is 7.73.